The Labute approximate surface area is 141 Å². The maximum Gasteiger partial charge on any atom is 0.220 e. The Bertz CT molecular complexity index is 600. The number of para-hydroxylation sites is 1. The number of rotatable bonds is 7. The average Bonchev–Trinajstić information content (AvgIpc) is 3.25. The van der Waals surface area contributed by atoms with Gasteiger partial charge in [0.2, 0.25) is 5.91 Å². The zero-order valence-electron chi connectivity index (χ0n) is 13.3. The van der Waals surface area contributed by atoms with E-state index in [2.05, 4.69) is 39.5 Å². The summed E-state index contributed by atoms with van der Waals surface area (Å²) in [7, 11) is 0. The summed E-state index contributed by atoms with van der Waals surface area (Å²) in [5.74, 6) is 0.720. The van der Waals surface area contributed by atoms with Crippen LogP contribution in [0.25, 0.3) is 0 Å². The highest BCUT2D eigenvalue weighted by Gasteiger charge is 2.22. The molecule has 3 rings (SSSR count). The third kappa shape index (κ3) is 4.79. The van der Waals surface area contributed by atoms with E-state index in [0.29, 0.717) is 12.3 Å². The Morgan fingerprint density at radius 3 is 3.00 bits per heavy atom. The summed E-state index contributed by atoms with van der Waals surface area (Å²) in [6.07, 6.45) is 5.33. The standard InChI is InChI=1S/C18H23N3OS/c22-17(7-4-8-18-19-10-12-23-18)20-13-15-9-11-21(14-15)16-5-2-1-3-6-16/h1-3,5-6,10,12,15H,4,7-9,11,13-14H2,(H,20,22)/t15-/m0/s1. The molecule has 1 amide bonds. The summed E-state index contributed by atoms with van der Waals surface area (Å²) in [6.45, 7) is 2.90. The first-order valence-electron chi connectivity index (χ1n) is 8.26. The van der Waals surface area contributed by atoms with Crippen LogP contribution in [0.4, 0.5) is 5.69 Å². The molecule has 0 spiro atoms. The number of carbonyl (C=O) groups excluding carboxylic acids is 1. The predicted molar refractivity (Wildman–Crippen MR) is 94.8 cm³/mol. The summed E-state index contributed by atoms with van der Waals surface area (Å²) < 4.78 is 0. The molecule has 5 heteroatoms. The monoisotopic (exact) mass is 329 g/mol. The van der Waals surface area contributed by atoms with Crippen LogP contribution in [-0.2, 0) is 11.2 Å². The maximum atomic E-state index is 11.9. The molecule has 23 heavy (non-hydrogen) atoms. The van der Waals surface area contributed by atoms with Gasteiger partial charge in [-0.1, -0.05) is 18.2 Å². The molecular formula is C18H23N3OS. The van der Waals surface area contributed by atoms with E-state index in [9.17, 15) is 4.79 Å². The maximum absolute atomic E-state index is 11.9. The third-order valence-electron chi connectivity index (χ3n) is 4.27. The Kier molecular flexibility index (Phi) is 5.64. The fourth-order valence-corrected chi connectivity index (χ4v) is 3.66. The van der Waals surface area contributed by atoms with Gasteiger partial charge in [-0.3, -0.25) is 4.79 Å². The van der Waals surface area contributed by atoms with Gasteiger partial charge in [0.1, 0.15) is 0 Å². The molecule has 0 unspecified atom stereocenters. The molecule has 1 aliphatic rings. The minimum Gasteiger partial charge on any atom is -0.371 e. The van der Waals surface area contributed by atoms with Crippen molar-refractivity contribution >= 4 is 22.9 Å². The van der Waals surface area contributed by atoms with Crippen LogP contribution in [0.15, 0.2) is 41.9 Å². The van der Waals surface area contributed by atoms with E-state index in [1.54, 1.807) is 11.3 Å². The van der Waals surface area contributed by atoms with Crippen LogP contribution in [0, 0.1) is 5.92 Å². The number of carbonyl (C=O) groups is 1. The largest absolute Gasteiger partial charge is 0.371 e. The molecule has 2 aromatic rings. The van der Waals surface area contributed by atoms with Crippen molar-refractivity contribution in [1.82, 2.24) is 10.3 Å². The van der Waals surface area contributed by atoms with Crippen molar-refractivity contribution in [3.05, 3.63) is 46.9 Å². The highest BCUT2D eigenvalue weighted by molar-refractivity contribution is 7.09. The molecule has 0 aliphatic carbocycles. The van der Waals surface area contributed by atoms with Crippen molar-refractivity contribution in [3.8, 4) is 0 Å². The van der Waals surface area contributed by atoms with Gasteiger partial charge in [-0.05, 0) is 37.3 Å². The van der Waals surface area contributed by atoms with Gasteiger partial charge in [0.05, 0.1) is 5.01 Å². The molecule has 122 valence electrons. The molecule has 1 aromatic carbocycles. The van der Waals surface area contributed by atoms with Crippen LogP contribution in [-0.4, -0.2) is 30.5 Å². The van der Waals surface area contributed by atoms with Gasteiger partial charge < -0.3 is 10.2 Å². The molecule has 0 radical (unpaired) electrons. The fourth-order valence-electron chi connectivity index (χ4n) is 3.00. The lowest BCUT2D eigenvalue weighted by atomic mass is 10.1. The van der Waals surface area contributed by atoms with Crippen LogP contribution in [0.3, 0.4) is 0 Å². The summed E-state index contributed by atoms with van der Waals surface area (Å²) >= 11 is 1.66. The highest BCUT2D eigenvalue weighted by Crippen LogP contribution is 2.22. The Balaban J connectivity index is 1.33. The molecule has 1 atom stereocenters. The molecule has 1 N–H and O–H groups in total. The first-order valence-corrected chi connectivity index (χ1v) is 9.14. The molecular weight excluding hydrogens is 306 g/mol. The first kappa shape index (κ1) is 16.0. The molecule has 1 saturated heterocycles. The van der Waals surface area contributed by atoms with Crippen molar-refractivity contribution in [2.45, 2.75) is 25.7 Å². The van der Waals surface area contributed by atoms with Gasteiger partial charge in [-0.2, -0.15) is 0 Å². The Morgan fingerprint density at radius 1 is 1.35 bits per heavy atom. The third-order valence-corrected chi connectivity index (χ3v) is 5.11. The van der Waals surface area contributed by atoms with E-state index >= 15 is 0 Å². The van der Waals surface area contributed by atoms with Crippen molar-refractivity contribution in [2.75, 3.05) is 24.5 Å². The molecule has 1 aromatic heterocycles. The minimum absolute atomic E-state index is 0.166. The van der Waals surface area contributed by atoms with Crippen LogP contribution >= 0.6 is 11.3 Å². The summed E-state index contributed by atoms with van der Waals surface area (Å²) in [6, 6.07) is 10.5. The van der Waals surface area contributed by atoms with Gasteiger partial charge in [-0.15, -0.1) is 11.3 Å². The number of aryl methyl sites for hydroxylation is 1. The number of anilines is 1. The van der Waals surface area contributed by atoms with E-state index in [4.69, 9.17) is 0 Å². The fraction of sp³-hybridized carbons (Fsp3) is 0.444. The molecule has 4 nitrogen and oxygen atoms in total. The topological polar surface area (TPSA) is 45.2 Å². The number of nitrogens with one attached hydrogen (secondary N) is 1. The second kappa shape index (κ2) is 8.11. The van der Waals surface area contributed by atoms with Crippen LogP contribution in [0.5, 0.6) is 0 Å². The summed E-state index contributed by atoms with van der Waals surface area (Å²) in [5, 5.41) is 6.19. The number of nitrogens with zero attached hydrogens (tertiary/aromatic N) is 2. The van der Waals surface area contributed by atoms with E-state index in [1.165, 1.54) is 5.69 Å². The van der Waals surface area contributed by atoms with Crippen LogP contribution in [0.1, 0.15) is 24.3 Å². The number of thiazole rings is 1. The van der Waals surface area contributed by atoms with Gasteiger partial charge in [0.15, 0.2) is 0 Å². The first-order chi connectivity index (χ1) is 11.3. The SMILES string of the molecule is O=C(CCCc1nccs1)NC[C@@H]1CCN(c2ccccc2)C1. The summed E-state index contributed by atoms with van der Waals surface area (Å²) in [5.41, 5.74) is 1.28. The van der Waals surface area contributed by atoms with E-state index in [0.717, 1.165) is 43.9 Å². The van der Waals surface area contributed by atoms with Gasteiger partial charge in [0, 0.05) is 43.3 Å². The van der Waals surface area contributed by atoms with Gasteiger partial charge in [0.25, 0.3) is 0 Å². The van der Waals surface area contributed by atoms with Gasteiger partial charge >= 0.3 is 0 Å². The van der Waals surface area contributed by atoms with Crippen molar-refractivity contribution in [2.24, 2.45) is 5.92 Å². The van der Waals surface area contributed by atoms with Crippen molar-refractivity contribution in [3.63, 3.8) is 0 Å². The zero-order chi connectivity index (χ0) is 15.9. The Morgan fingerprint density at radius 2 is 2.22 bits per heavy atom. The lowest BCUT2D eigenvalue weighted by Gasteiger charge is -2.18. The van der Waals surface area contributed by atoms with E-state index < -0.39 is 0 Å². The quantitative estimate of drug-likeness (QED) is 0.849. The number of hydrogen-bond acceptors (Lipinski definition) is 4. The lowest BCUT2D eigenvalue weighted by molar-refractivity contribution is -0.121. The number of aromatic nitrogens is 1. The number of amides is 1. The average molecular weight is 329 g/mol. The zero-order valence-corrected chi connectivity index (χ0v) is 14.1. The smallest absolute Gasteiger partial charge is 0.220 e. The second-order valence-electron chi connectivity index (χ2n) is 6.02. The highest BCUT2D eigenvalue weighted by atomic mass is 32.1. The van der Waals surface area contributed by atoms with E-state index in [1.807, 2.05) is 17.6 Å². The number of hydrogen-bond donors (Lipinski definition) is 1. The molecule has 2 heterocycles. The lowest BCUT2D eigenvalue weighted by Crippen LogP contribution is -2.30. The van der Waals surface area contributed by atoms with Crippen molar-refractivity contribution in [1.29, 1.82) is 0 Å². The number of benzene rings is 1. The molecule has 1 fully saturated rings. The Hall–Kier alpha value is -1.88. The predicted octanol–water partition coefficient (Wildman–Crippen LogP) is 3.11. The normalized spacial score (nSPS) is 17.4. The molecule has 0 saturated carbocycles. The van der Waals surface area contributed by atoms with Crippen LogP contribution in [0.2, 0.25) is 0 Å². The van der Waals surface area contributed by atoms with Crippen molar-refractivity contribution < 1.29 is 4.79 Å². The molecule has 1 aliphatic heterocycles. The molecule has 0 bridgehead atoms. The van der Waals surface area contributed by atoms with Gasteiger partial charge in [-0.25, -0.2) is 4.98 Å². The summed E-state index contributed by atoms with van der Waals surface area (Å²) in [4.78, 5) is 18.6. The van der Waals surface area contributed by atoms with E-state index in [-0.39, 0.29) is 5.91 Å². The second-order valence-corrected chi connectivity index (χ2v) is 7.00. The van der Waals surface area contributed by atoms with Crippen LogP contribution < -0.4 is 10.2 Å². The minimum atomic E-state index is 0.166.